The number of methoxy groups -OCH3 is 1. The Balaban J connectivity index is 1.31. The fourth-order valence-corrected chi connectivity index (χ4v) is 6.20. The smallest absolute Gasteiger partial charge is 0.229 e. The molecule has 2 aliphatic heterocycles. The van der Waals surface area contributed by atoms with Gasteiger partial charge in [0.25, 0.3) is 0 Å². The predicted molar refractivity (Wildman–Crippen MR) is 175 cm³/mol. The number of nitrogens with one attached hydrogen (secondary N) is 2. The third kappa shape index (κ3) is 6.99. The van der Waals surface area contributed by atoms with E-state index in [1.807, 2.05) is 31.2 Å². The van der Waals surface area contributed by atoms with Crippen LogP contribution in [0.2, 0.25) is 0 Å². The first-order valence-corrected chi connectivity index (χ1v) is 15.6. The second-order valence-corrected chi connectivity index (χ2v) is 13.0. The number of halogens is 1. The zero-order chi connectivity index (χ0) is 30.0. The van der Waals surface area contributed by atoms with Crippen molar-refractivity contribution in [3.05, 3.63) is 57.7 Å². The molecule has 0 saturated carbocycles. The van der Waals surface area contributed by atoms with E-state index in [0.29, 0.717) is 17.8 Å². The number of anilines is 5. The molecular weight excluding hydrogens is 594 g/mol. The first-order valence-electron chi connectivity index (χ1n) is 14.8. The summed E-state index contributed by atoms with van der Waals surface area (Å²) in [6.07, 6.45) is 4.07. The molecule has 9 nitrogen and oxygen atoms in total. The average molecular weight is 639 g/mol. The topological polar surface area (TPSA) is 89.0 Å². The highest BCUT2D eigenvalue weighted by Gasteiger charge is 2.28. The maximum Gasteiger partial charge on any atom is 0.229 e. The lowest BCUT2D eigenvalue weighted by Crippen LogP contribution is -2.52. The zero-order valence-corrected chi connectivity index (χ0v) is 27.3. The molecule has 0 aliphatic carbocycles. The lowest BCUT2D eigenvalue weighted by Gasteiger charge is -2.42. The van der Waals surface area contributed by atoms with Crippen molar-refractivity contribution in [3.8, 4) is 5.75 Å². The molecule has 226 valence electrons. The van der Waals surface area contributed by atoms with Crippen LogP contribution >= 0.6 is 15.9 Å². The highest BCUT2D eigenvalue weighted by atomic mass is 79.9. The molecule has 5 rings (SSSR count). The number of hydrogen-bond acceptors (Lipinski definition) is 9. The molecule has 2 aliphatic rings. The Hall–Kier alpha value is -2.92. The van der Waals surface area contributed by atoms with Gasteiger partial charge in [0, 0.05) is 74.5 Å². The van der Waals surface area contributed by atoms with E-state index < -0.39 is 5.60 Å². The van der Waals surface area contributed by atoms with Gasteiger partial charge in [-0.3, -0.25) is 4.90 Å². The summed E-state index contributed by atoms with van der Waals surface area (Å²) in [6.45, 7) is 14.4. The zero-order valence-electron chi connectivity index (χ0n) is 25.7. The Kier molecular flexibility index (Phi) is 9.27. The number of aromatic nitrogens is 2. The quantitative estimate of drug-likeness (QED) is 0.284. The van der Waals surface area contributed by atoms with Gasteiger partial charge in [-0.1, -0.05) is 17.7 Å². The molecule has 3 aromatic rings. The standard InChI is InChI=1S/C32H44BrN7O2/c1-21-7-8-26(24(17-21)32(3,4)41)35-30-25(33)20-34-31(37-30)36-27-19-29(42-6)28(18-22(27)2)40-11-9-23(10-12-40)39-15-13-38(5)14-16-39/h7-8,17-20,23,41H,9-16H2,1-6H3,(H2,34,35,36,37). The average Bonchev–Trinajstić information content (AvgIpc) is 2.96. The number of rotatable bonds is 8. The van der Waals surface area contributed by atoms with Crippen molar-refractivity contribution in [1.82, 2.24) is 19.8 Å². The highest BCUT2D eigenvalue weighted by molar-refractivity contribution is 9.10. The van der Waals surface area contributed by atoms with E-state index in [0.717, 1.165) is 70.2 Å². The van der Waals surface area contributed by atoms with E-state index in [1.54, 1.807) is 27.2 Å². The number of hydrogen-bond donors (Lipinski definition) is 3. The SMILES string of the molecule is COc1cc(Nc2ncc(Br)c(Nc3ccc(C)cc3C(C)(C)O)n2)c(C)cc1N1CCC(N2CCN(C)CC2)CC1. The minimum absolute atomic E-state index is 0.462. The molecule has 2 saturated heterocycles. The molecule has 2 aromatic carbocycles. The van der Waals surface area contributed by atoms with Gasteiger partial charge in [0.05, 0.1) is 22.9 Å². The van der Waals surface area contributed by atoms with E-state index in [-0.39, 0.29) is 0 Å². The van der Waals surface area contributed by atoms with Gasteiger partial charge in [0.15, 0.2) is 0 Å². The Morgan fingerprint density at radius 3 is 2.36 bits per heavy atom. The highest BCUT2D eigenvalue weighted by Crippen LogP contribution is 2.37. The van der Waals surface area contributed by atoms with Gasteiger partial charge in [0.2, 0.25) is 5.95 Å². The Morgan fingerprint density at radius 2 is 1.69 bits per heavy atom. The fraction of sp³-hybridized carbons (Fsp3) is 0.500. The van der Waals surface area contributed by atoms with Crippen molar-refractivity contribution in [2.75, 3.05) is 69.0 Å². The number of aryl methyl sites for hydroxylation is 2. The first-order chi connectivity index (χ1) is 20.0. The maximum absolute atomic E-state index is 10.8. The molecule has 2 fully saturated rings. The van der Waals surface area contributed by atoms with Crippen molar-refractivity contribution >= 4 is 44.8 Å². The number of nitrogens with zero attached hydrogens (tertiary/aromatic N) is 5. The molecule has 0 unspecified atom stereocenters. The molecule has 0 bridgehead atoms. The monoisotopic (exact) mass is 637 g/mol. The summed E-state index contributed by atoms with van der Waals surface area (Å²) < 4.78 is 6.60. The normalized spacial score (nSPS) is 17.4. The van der Waals surface area contributed by atoms with Gasteiger partial charge in [-0.25, -0.2) is 4.98 Å². The van der Waals surface area contributed by atoms with E-state index in [2.05, 4.69) is 66.3 Å². The van der Waals surface area contributed by atoms with Crippen LogP contribution in [0.15, 0.2) is 41.0 Å². The number of piperazine rings is 1. The molecule has 0 radical (unpaired) electrons. The van der Waals surface area contributed by atoms with Crippen molar-refractivity contribution in [2.45, 2.75) is 52.2 Å². The van der Waals surface area contributed by atoms with Crippen molar-refractivity contribution in [2.24, 2.45) is 0 Å². The number of benzene rings is 2. The van der Waals surface area contributed by atoms with Crippen LogP contribution in [-0.4, -0.2) is 84.3 Å². The lowest BCUT2D eigenvalue weighted by atomic mass is 9.94. The summed E-state index contributed by atoms with van der Waals surface area (Å²) in [6, 6.07) is 10.9. The van der Waals surface area contributed by atoms with Crippen LogP contribution in [0.25, 0.3) is 0 Å². The van der Waals surface area contributed by atoms with Gasteiger partial charge in [0.1, 0.15) is 11.6 Å². The predicted octanol–water partition coefficient (Wildman–Crippen LogP) is 5.80. The molecule has 0 atom stereocenters. The van der Waals surface area contributed by atoms with Crippen molar-refractivity contribution in [3.63, 3.8) is 0 Å². The lowest BCUT2D eigenvalue weighted by molar-refractivity contribution is 0.0793. The summed E-state index contributed by atoms with van der Waals surface area (Å²) in [4.78, 5) is 16.8. The van der Waals surface area contributed by atoms with E-state index in [4.69, 9.17) is 9.72 Å². The molecule has 0 amide bonds. The minimum atomic E-state index is -1.01. The van der Waals surface area contributed by atoms with E-state index >= 15 is 0 Å². The Bertz CT molecular complexity index is 1390. The number of likely N-dealkylation sites (N-methyl/N-ethyl adjacent to an activating group) is 1. The summed E-state index contributed by atoms with van der Waals surface area (Å²) >= 11 is 3.58. The molecule has 10 heteroatoms. The summed E-state index contributed by atoms with van der Waals surface area (Å²) in [5.41, 5.74) is 4.77. The van der Waals surface area contributed by atoms with Crippen molar-refractivity contribution < 1.29 is 9.84 Å². The number of ether oxygens (including phenoxy) is 1. The van der Waals surface area contributed by atoms with Crippen LogP contribution in [0.1, 0.15) is 43.4 Å². The van der Waals surface area contributed by atoms with Crippen LogP contribution in [0.5, 0.6) is 5.75 Å². The second kappa shape index (κ2) is 12.8. The summed E-state index contributed by atoms with van der Waals surface area (Å²) in [5.74, 6) is 1.90. The number of piperidine rings is 1. The van der Waals surface area contributed by atoms with Crippen molar-refractivity contribution in [1.29, 1.82) is 0 Å². The molecule has 42 heavy (non-hydrogen) atoms. The van der Waals surface area contributed by atoms with Crippen LogP contribution in [0.3, 0.4) is 0 Å². The Labute approximate surface area is 258 Å². The van der Waals surface area contributed by atoms with Gasteiger partial charge < -0.3 is 30.3 Å². The van der Waals surface area contributed by atoms with E-state index in [1.165, 1.54) is 25.9 Å². The maximum atomic E-state index is 10.8. The van der Waals surface area contributed by atoms with Gasteiger partial charge in [-0.05, 0) is 81.2 Å². The van der Waals surface area contributed by atoms with E-state index in [9.17, 15) is 5.11 Å². The largest absolute Gasteiger partial charge is 0.495 e. The van der Waals surface area contributed by atoms with Crippen LogP contribution in [0, 0.1) is 13.8 Å². The van der Waals surface area contributed by atoms with Gasteiger partial charge in [-0.15, -0.1) is 0 Å². The Morgan fingerprint density at radius 1 is 0.976 bits per heavy atom. The molecule has 1 aromatic heterocycles. The van der Waals surface area contributed by atoms with Gasteiger partial charge in [-0.2, -0.15) is 4.98 Å². The molecular formula is C32H44BrN7O2. The molecule has 0 spiro atoms. The fourth-order valence-electron chi connectivity index (χ4n) is 5.91. The van der Waals surface area contributed by atoms with Crippen LogP contribution < -0.4 is 20.3 Å². The third-order valence-electron chi connectivity index (χ3n) is 8.46. The number of aliphatic hydroxyl groups is 1. The van der Waals surface area contributed by atoms with Crippen LogP contribution in [0.4, 0.5) is 28.8 Å². The third-order valence-corrected chi connectivity index (χ3v) is 9.04. The minimum Gasteiger partial charge on any atom is -0.495 e. The first kappa shape index (κ1) is 30.5. The molecule has 3 N–H and O–H groups in total. The second-order valence-electron chi connectivity index (χ2n) is 12.1. The summed E-state index contributed by atoms with van der Waals surface area (Å²) in [5, 5.41) is 17.5. The summed E-state index contributed by atoms with van der Waals surface area (Å²) in [7, 11) is 3.94. The molecule has 3 heterocycles. The van der Waals surface area contributed by atoms with Crippen LogP contribution in [-0.2, 0) is 5.60 Å². The van der Waals surface area contributed by atoms with Gasteiger partial charge >= 0.3 is 0 Å².